The summed E-state index contributed by atoms with van der Waals surface area (Å²) in [7, 11) is 0. The first kappa shape index (κ1) is 12.7. The summed E-state index contributed by atoms with van der Waals surface area (Å²) in [6.07, 6.45) is 3.33. The fraction of sp³-hybridized carbons (Fsp3) is 0.333. The molecule has 0 aliphatic rings. The third-order valence-electron chi connectivity index (χ3n) is 3.15. The summed E-state index contributed by atoms with van der Waals surface area (Å²) < 4.78 is 0. The lowest BCUT2D eigenvalue weighted by molar-refractivity contribution is 0.0893. The molecule has 2 rings (SSSR count). The number of rotatable bonds is 4. The van der Waals surface area contributed by atoms with Crippen LogP contribution in [0.5, 0.6) is 0 Å². The molecule has 0 spiro atoms. The van der Waals surface area contributed by atoms with Crippen molar-refractivity contribution < 1.29 is 4.79 Å². The Labute approximate surface area is 107 Å². The number of Topliss-reactive ketones (excluding diaryl/α,β-unsaturated/α-hetero) is 1. The Balaban J connectivity index is 2.39. The Morgan fingerprint density at radius 3 is 2.89 bits per heavy atom. The molecule has 94 valence electrons. The lowest BCUT2D eigenvalue weighted by atomic mass is 9.88. The highest BCUT2D eigenvalue weighted by Crippen LogP contribution is 2.19. The minimum atomic E-state index is -0.787. The Morgan fingerprint density at radius 1 is 1.39 bits per heavy atom. The van der Waals surface area contributed by atoms with Gasteiger partial charge in [-0.15, -0.1) is 0 Å². The normalized spacial score (nSPS) is 14.4. The van der Waals surface area contributed by atoms with Gasteiger partial charge in [-0.05, 0) is 37.6 Å². The predicted octanol–water partition coefficient (Wildman–Crippen LogP) is 2.94. The van der Waals surface area contributed by atoms with E-state index in [1.54, 1.807) is 19.2 Å². The highest BCUT2D eigenvalue weighted by atomic mass is 16.1. The van der Waals surface area contributed by atoms with Gasteiger partial charge in [0.1, 0.15) is 0 Å². The van der Waals surface area contributed by atoms with Gasteiger partial charge < -0.3 is 5.73 Å². The van der Waals surface area contributed by atoms with Crippen LogP contribution in [-0.4, -0.2) is 16.3 Å². The van der Waals surface area contributed by atoms with Crippen LogP contribution in [0.15, 0.2) is 36.5 Å². The van der Waals surface area contributed by atoms with Crippen molar-refractivity contribution in [2.24, 2.45) is 5.73 Å². The molecule has 1 aromatic heterocycles. The number of carbonyl (C=O) groups is 1. The number of benzene rings is 1. The van der Waals surface area contributed by atoms with E-state index < -0.39 is 5.54 Å². The fourth-order valence-corrected chi connectivity index (χ4v) is 2.18. The van der Waals surface area contributed by atoms with E-state index in [4.69, 9.17) is 5.73 Å². The Morgan fingerprint density at radius 2 is 2.17 bits per heavy atom. The molecular weight excluding hydrogens is 224 g/mol. The maximum atomic E-state index is 12.4. The molecule has 0 radical (unpaired) electrons. The number of nitrogens with zero attached hydrogens (tertiary/aromatic N) is 1. The van der Waals surface area contributed by atoms with E-state index in [0.717, 1.165) is 17.3 Å². The molecule has 1 aromatic carbocycles. The first-order valence-electron chi connectivity index (χ1n) is 6.23. The monoisotopic (exact) mass is 242 g/mol. The second kappa shape index (κ2) is 4.86. The zero-order valence-corrected chi connectivity index (χ0v) is 10.8. The summed E-state index contributed by atoms with van der Waals surface area (Å²) in [5.41, 5.74) is 6.85. The van der Waals surface area contributed by atoms with Crippen molar-refractivity contribution in [2.45, 2.75) is 32.2 Å². The van der Waals surface area contributed by atoms with Crippen molar-refractivity contribution >= 4 is 16.7 Å². The maximum absolute atomic E-state index is 12.4. The van der Waals surface area contributed by atoms with Crippen LogP contribution in [-0.2, 0) is 0 Å². The third-order valence-corrected chi connectivity index (χ3v) is 3.15. The van der Waals surface area contributed by atoms with Gasteiger partial charge in [-0.2, -0.15) is 0 Å². The van der Waals surface area contributed by atoms with Crippen LogP contribution in [0.25, 0.3) is 10.9 Å². The van der Waals surface area contributed by atoms with Gasteiger partial charge in [0.05, 0.1) is 11.1 Å². The molecule has 0 saturated carbocycles. The van der Waals surface area contributed by atoms with E-state index in [1.165, 1.54) is 0 Å². The maximum Gasteiger partial charge on any atom is 0.182 e. The van der Waals surface area contributed by atoms with Gasteiger partial charge in [-0.3, -0.25) is 9.78 Å². The van der Waals surface area contributed by atoms with Gasteiger partial charge in [0, 0.05) is 17.1 Å². The Kier molecular flexibility index (Phi) is 3.43. The van der Waals surface area contributed by atoms with Gasteiger partial charge in [-0.25, -0.2) is 0 Å². The van der Waals surface area contributed by atoms with E-state index >= 15 is 0 Å². The number of carbonyl (C=O) groups excluding carboxylic acids is 1. The van der Waals surface area contributed by atoms with Crippen LogP contribution in [0, 0.1) is 0 Å². The molecule has 1 unspecified atom stereocenters. The average Bonchev–Trinajstić information content (AvgIpc) is 2.37. The summed E-state index contributed by atoms with van der Waals surface area (Å²) in [6.45, 7) is 3.83. The van der Waals surface area contributed by atoms with E-state index in [-0.39, 0.29) is 5.78 Å². The van der Waals surface area contributed by atoms with Crippen molar-refractivity contribution in [1.82, 2.24) is 4.98 Å². The number of hydrogen-bond acceptors (Lipinski definition) is 3. The van der Waals surface area contributed by atoms with E-state index in [2.05, 4.69) is 4.98 Å². The number of ketones is 1. The highest BCUT2D eigenvalue weighted by Gasteiger charge is 2.28. The average molecular weight is 242 g/mol. The van der Waals surface area contributed by atoms with Crippen LogP contribution >= 0.6 is 0 Å². The first-order chi connectivity index (χ1) is 8.54. The number of aromatic nitrogens is 1. The zero-order valence-electron chi connectivity index (χ0n) is 10.8. The van der Waals surface area contributed by atoms with Gasteiger partial charge in [0.15, 0.2) is 5.78 Å². The SMILES string of the molecule is CCCC(C)(N)C(=O)c1ccc2ncccc2c1. The highest BCUT2D eigenvalue weighted by molar-refractivity contribution is 6.04. The number of pyridine rings is 1. The van der Waals surface area contributed by atoms with Crippen LogP contribution in [0.3, 0.4) is 0 Å². The van der Waals surface area contributed by atoms with Crippen molar-refractivity contribution in [3.63, 3.8) is 0 Å². The van der Waals surface area contributed by atoms with Gasteiger partial charge >= 0.3 is 0 Å². The Bertz CT molecular complexity index is 575. The van der Waals surface area contributed by atoms with Crippen molar-refractivity contribution in [1.29, 1.82) is 0 Å². The second-order valence-corrected chi connectivity index (χ2v) is 4.91. The van der Waals surface area contributed by atoms with Crippen LogP contribution in [0.4, 0.5) is 0 Å². The predicted molar refractivity (Wildman–Crippen MR) is 73.6 cm³/mol. The summed E-state index contributed by atoms with van der Waals surface area (Å²) in [6, 6.07) is 9.35. The topological polar surface area (TPSA) is 56.0 Å². The summed E-state index contributed by atoms with van der Waals surface area (Å²) in [5.74, 6) is -0.00453. The molecule has 18 heavy (non-hydrogen) atoms. The first-order valence-corrected chi connectivity index (χ1v) is 6.23. The molecular formula is C15H18N2O. The smallest absolute Gasteiger partial charge is 0.182 e. The number of fused-ring (bicyclic) bond motifs is 1. The second-order valence-electron chi connectivity index (χ2n) is 4.91. The summed E-state index contributed by atoms with van der Waals surface area (Å²) >= 11 is 0. The Hall–Kier alpha value is -1.74. The number of hydrogen-bond donors (Lipinski definition) is 1. The molecule has 0 saturated heterocycles. The minimum absolute atomic E-state index is 0.00453. The molecule has 0 aliphatic carbocycles. The van der Waals surface area contributed by atoms with E-state index in [1.807, 2.05) is 31.2 Å². The zero-order chi connectivity index (χ0) is 13.2. The van der Waals surface area contributed by atoms with Crippen molar-refractivity contribution in [3.8, 4) is 0 Å². The molecule has 0 bridgehead atoms. The molecule has 0 aliphatic heterocycles. The van der Waals surface area contributed by atoms with Gasteiger partial charge in [0.2, 0.25) is 0 Å². The minimum Gasteiger partial charge on any atom is -0.319 e. The molecule has 0 amide bonds. The largest absolute Gasteiger partial charge is 0.319 e. The molecule has 3 heteroatoms. The molecule has 2 N–H and O–H groups in total. The molecule has 2 aromatic rings. The third kappa shape index (κ3) is 2.41. The van der Waals surface area contributed by atoms with Crippen LogP contribution < -0.4 is 5.73 Å². The molecule has 1 heterocycles. The van der Waals surface area contributed by atoms with E-state index in [9.17, 15) is 4.79 Å². The van der Waals surface area contributed by atoms with Crippen molar-refractivity contribution in [2.75, 3.05) is 0 Å². The quantitative estimate of drug-likeness (QED) is 0.839. The van der Waals surface area contributed by atoms with Crippen LogP contribution in [0.1, 0.15) is 37.0 Å². The van der Waals surface area contributed by atoms with Crippen molar-refractivity contribution in [3.05, 3.63) is 42.1 Å². The van der Waals surface area contributed by atoms with Crippen LogP contribution in [0.2, 0.25) is 0 Å². The lowest BCUT2D eigenvalue weighted by Gasteiger charge is -2.22. The van der Waals surface area contributed by atoms with Gasteiger partial charge in [0.25, 0.3) is 0 Å². The standard InChI is InChI=1S/C15H18N2O/c1-3-8-15(2,16)14(18)12-6-7-13-11(10-12)5-4-9-17-13/h4-7,9-10H,3,8,16H2,1-2H3. The van der Waals surface area contributed by atoms with Gasteiger partial charge in [-0.1, -0.05) is 19.4 Å². The number of nitrogens with two attached hydrogens (primary N) is 1. The molecule has 3 nitrogen and oxygen atoms in total. The summed E-state index contributed by atoms with van der Waals surface area (Å²) in [5, 5.41) is 0.968. The lowest BCUT2D eigenvalue weighted by Crippen LogP contribution is -2.44. The molecule has 1 atom stereocenters. The summed E-state index contributed by atoms with van der Waals surface area (Å²) in [4.78, 5) is 16.6. The molecule has 0 fully saturated rings. The fourth-order valence-electron chi connectivity index (χ4n) is 2.18. The van der Waals surface area contributed by atoms with E-state index in [0.29, 0.717) is 12.0 Å².